The summed E-state index contributed by atoms with van der Waals surface area (Å²) in [5.41, 5.74) is -1.62. The van der Waals surface area contributed by atoms with Gasteiger partial charge in [0.1, 0.15) is 0 Å². The van der Waals surface area contributed by atoms with Crippen molar-refractivity contribution in [3.05, 3.63) is 66.9 Å². The second-order valence-electron chi connectivity index (χ2n) is 6.39. The number of alkyl halides is 1. The Kier molecular flexibility index (Phi) is 5.04. The van der Waals surface area contributed by atoms with Crippen molar-refractivity contribution in [1.82, 2.24) is 9.55 Å². The predicted molar refractivity (Wildman–Crippen MR) is 97.2 cm³/mol. The zero-order chi connectivity index (χ0) is 21.6. The van der Waals surface area contributed by atoms with E-state index in [1.165, 1.54) is 18.2 Å². The Morgan fingerprint density at radius 3 is 2.67 bits per heavy atom. The van der Waals surface area contributed by atoms with E-state index in [1.54, 1.807) is 0 Å². The molecule has 0 spiro atoms. The summed E-state index contributed by atoms with van der Waals surface area (Å²) in [4.78, 5) is 49.0. The summed E-state index contributed by atoms with van der Waals surface area (Å²) < 4.78 is 36.3. The highest BCUT2D eigenvalue weighted by Crippen LogP contribution is 2.44. The van der Waals surface area contributed by atoms with Crippen molar-refractivity contribution in [1.29, 1.82) is 0 Å². The summed E-state index contributed by atoms with van der Waals surface area (Å²) >= 11 is 11.6. The van der Waals surface area contributed by atoms with Crippen molar-refractivity contribution in [2.24, 2.45) is 0 Å². The third-order valence-electron chi connectivity index (χ3n) is 4.46. The quantitative estimate of drug-likeness (QED) is 0.684. The van der Waals surface area contributed by atoms with Crippen molar-refractivity contribution < 1.29 is 32.9 Å². The molecule has 158 valence electrons. The van der Waals surface area contributed by atoms with E-state index in [0.29, 0.717) is 0 Å². The highest BCUT2D eigenvalue weighted by Gasteiger charge is 2.65. The first kappa shape index (κ1) is 20.4. The number of hydrogen-bond donors (Lipinski definition) is 1. The number of carbonyl (C=O) groups is 2. The second kappa shape index (κ2) is 7.42. The lowest BCUT2D eigenvalue weighted by Gasteiger charge is -2.23. The predicted octanol–water partition coefficient (Wildman–Crippen LogP) is 1.80. The zero-order valence-electron chi connectivity index (χ0n) is 14.7. The number of fused-ring (bicyclic) bond motifs is 1. The van der Waals surface area contributed by atoms with Crippen LogP contribution < -0.4 is 11.2 Å². The average Bonchev–Trinajstić information content (AvgIpc) is 3.20. The molecule has 0 aliphatic carbocycles. The van der Waals surface area contributed by atoms with Crippen LogP contribution >= 0.6 is 23.2 Å². The maximum absolute atomic E-state index is 15.5. The van der Waals surface area contributed by atoms with Gasteiger partial charge in [-0.25, -0.2) is 18.8 Å². The van der Waals surface area contributed by atoms with Crippen LogP contribution in [0.25, 0.3) is 0 Å². The highest BCUT2D eigenvalue weighted by atomic mass is 35.5. The minimum absolute atomic E-state index is 0.00406. The van der Waals surface area contributed by atoms with Crippen molar-refractivity contribution >= 4 is 35.3 Å². The number of nitrogens with zero attached hydrogens (tertiary/aromatic N) is 1. The Morgan fingerprint density at radius 2 is 1.97 bits per heavy atom. The van der Waals surface area contributed by atoms with Crippen molar-refractivity contribution in [2.45, 2.75) is 24.3 Å². The molecule has 4 atom stereocenters. The van der Waals surface area contributed by atoms with E-state index in [4.69, 9.17) is 42.1 Å². The molecular formula is C17H11Cl2FN2O8. The Morgan fingerprint density at radius 1 is 1.20 bits per heavy atom. The fourth-order valence-electron chi connectivity index (χ4n) is 3.08. The third kappa shape index (κ3) is 3.55. The number of nitrogens with one attached hydrogen (secondary N) is 1. The van der Waals surface area contributed by atoms with E-state index in [9.17, 15) is 19.2 Å². The van der Waals surface area contributed by atoms with Crippen LogP contribution in [0.15, 0.2) is 40.1 Å². The second-order valence-corrected chi connectivity index (χ2v) is 7.20. The summed E-state index contributed by atoms with van der Waals surface area (Å²) in [6.45, 7) is -0.988. The van der Waals surface area contributed by atoms with E-state index in [0.717, 1.165) is 16.8 Å². The van der Waals surface area contributed by atoms with E-state index in [2.05, 4.69) is 0 Å². The molecule has 1 aromatic carbocycles. The molecule has 2 aliphatic rings. The smallest absolute Gasteiger partial charge is 0.456 e. The molecule has 0 saturated carbocycles. The van der Waals surface area contributed by atoms with Crippen LogP contribution in [0.3, 0.4) is 0 Å². The number of aromatic amines is 1. The maximum atomic E-state index is 15.5. The number of hydrogen-bond acceptors (Lipinski definition) is 8. The lowest BCUT2D eigenvalue weighted by atomic mass is 10.1. The first-order valence-corrected chi connectivity index (χ1v) is 9.11. The van der Waals surface area contributed by atoms with Gasteiger partial charge in [-0.15, -0.1) is 0 Å². The molecule has 0 bridgehead atoms. The van der Waals surface area contributed by atoms with Gasteiger partial charge in [0.25, 0.3) is 11.4 Å². The first-order valence-electron chi connectivity index (χ1n) is 8.35. The number of esters is 1. The summed E-state index contributed by atoms with van der Waals surface area (Å²) in [6.07, 6.45) is -4.61. The van der Waals surface area contributed by atoms with E-state index >= 15 is 4.39 Å². The minimum Gasteiger partial charge on any atom is -0.456 e. The molecule has 0 unspecified atom stereocenters. The molecule has 10 nitrogen and oxygen atoms in total. The molecule has 30 heavy (non-hydrogen) atoms. The van der Waals surface area contributed by atoms with Gasteiger partial charge in [-0.3, -0.25) is 14.3 Å². The summed E-state index contributed by atoms with van der Waals surface area (Å²) in [5, 5.41) is 0.301. The summed E-state index contributed by atoms with van der Waals surface area (Å²) in [7, 11) is 0. The number of aromatic nitrogens is 2. The molecule has 0 radical (unpaired) electrons. The van der Waals surface area contributed by atoms with Gasteiger partial charge in [-0.1, -0.05) is 23.2 Å². The Hall–Kier alpha value is -2.89. The first-order chi connectivity index (χ1) is 14.2. The topological polar surface area (TPSA) is 126 Å². The molecule has 3 heterocycles. The monoisotopic (exact) mass is 460 g/mol. The van der Waals surface area contributed by atoms with Gasteiger partial charge in [0, 0.05) is 12.3 Å². The van der Waals surface area contributed by atoms with Gasteiger partial charge in [-0.05, 0) is 18.2 Å². The molecule has 2 fully saturated rings. The van der Waals surface area contributed by atoms with E-state index in [-0.39, 0.29) is 15.6 Å². The van der Waals surface area contributed by atoms with Gasteiger partial charge in [0.2, 0.25) is 6.10 Å². The van der Waals surface area contributed by atoms with Crippen LogP contribution in [0.1, 0.15) is 16.6 Å². The molecule has 4 rings (SSSR count). The Bertz CT molecular complexity index is 1150. The van der Waals surface area contributed by atoms with Gasteiger partial charge < -0.3 is 18.9 Å². The minimum atomic E-state index is -2.83. The molecule has 2 saturated heterocycles. The van der Waals surface area contributed by atoms with Crippen LogP contribution in [0.5, 0.6) is 0 Å². The lowest BCUT2D eigenvalue weighted by molar-refractivity contribution is -0.211. The molecule has 2 aromatic rings. The van der Waals surface area contributed by atoms with Crippen molar-refractivity contribution in [3.8, 4) is 0 Å². The number of rotatable bonds is 4. The van der Waals surface area contributed by atoms with Crippen LogP contribution in [-0.2, 0) is 18.9 Å². The standard InChI is InChI=1S/C17H11Cl2FN2O8/c18-8-2-1-7(5-9(8)19)14(24)27-6-17(20)12-11(28-16(26)29-12)13(30-17)22-4-3-10(23)21-15(22)25/h1-5,11-13H,6H2,(H,21,23,25)/t11-,12+,13-,17-/m1/s1. The number of halogens is 3. The lowest BCUT2D eigenvalue weighted by Crippen LogP contribution is -2.42. The maximum Gasteiger partial charge on any atom is 0.509 e. The fourth-order valence-corrected chi connectivity index (χ4v) is 3.37. The molecule has 1 aromatic heterocycles. The number of benzene rings is 1. The molecule has 1 N–H and O–H groups in total. The van der Waals surface area contributed by atoms with Gasteiger partial charge in [-0.2, -0.15) is 0 Å². The molecular weight excluding hydrogens is 450 g/mol. The van der Waals surface area contributed by atoms with Crippen LogP contribution in [0.2, 0.25) is 10.0 Å². The third-order valence-corrected chi connectivity index (χ3v) is 5.20. The van der Waals surface area contributed by atoms with Crippen LogP contribution in [0.4, 0.5) is 9.18 Å². The van der Waals surface area contributed by atoms with Gasteiger partial charge >= 0.3 is 17.8 Å². The fraction of sp³-hybridized carbons (Fsp3) is 0.294. The summed E-state index contributed by atoms with van der Waals surface area (Å²) in [5.74, 6) is -3.77. The highest BCUT2D eigenvalue weighted by molar-refractivity contribution is 6.42. The van der Waals surface area contributed by atoms with Gasteiger partial charge in [0.15, 0.2) is 18.9 Å². The SMILES string of the molecule is O=C1O[C@H]2[C@H](n3ccc(=O)[nH]c3=O)O[C@](F)(COC(=O)c3ccc(Cl)c(Cl)c3)[C@H]2O1. The van der Waals surface area contributed by atoms with Crippen LogP contribution in [0, 0.1) is 0 Å². The van der Waals surface area contributed by atoms with Crippen molar-refractivity contribution in [2.75, 3.05) is 6.61 Å². The van der Waals surface area contributed by atoms with E-state index in [1.807, 2.05) is 4.98 Å². The molecule has 2 aliphatic heterocycles. The Labute approximate surface area is 176 Å². The summed E-state index contributed by atoms with van der Waals surface area (Å²) in [6, 6.07) is 4.91. The zero-order valence-corrected chi connectivity index (χ0v) is 16.2. The average molecular weight is 461 g/mol. The number of carbonyl (C=O) groups excluding carboxylic acids is 2. The van der Waals surface area contributed by atoms with Crippen LogP contribution in [-0.4, -0.2) is 46.3 Å². The number of ether oxygens (including phenoxy) is 4. The molecule has 0 amide bonds. The van der Waals surface area contributed by atoms with E-state index < -0.39 is 54.3 Å². The van der Waals surface area contributed by atoms with Gasteiger partial charge in [0.05, 0.1) is 15.6 Å². The Balaban J connectivity index is 1.57. The largest absolute Gasteiger partial charge is 0.509 e. The van der Waals surface area contributed by atoms with Crippen molar-refractivity contribution in [3.63, 3.8) is 0 Å². The number of H-pyrrole nitrogens is 1. The normalized spacial score (nSPS) is 27.3. The molecule has 13 heteroatoms.